The van der Waals surface area contributed by atoms with E-state index in [1.807, 2.05) is 24.3 Å². The summed E-state index contributed by atoms with van der Waals surface area (Å²) >= 11 is 0. The van der Waals surface area contributed by atoms with E-state index >= 15 is 0 Å². The zero-order valence-corrected chi connectivity index (χ0v) is 26.5. The third-order valence-electron chi connectivity index (χ3n) is 9.64. The molecule has 3 nitrogen and oxygen atoms in total. The van der Waals surface area contributed by atoms with Crippen LogP contribution in [0.25, 0.3) is 76.9 Å². The molecule has 8 aromatic carbocycles. The maximum absolute atomic E-state index is 6.21. The molecule has 0 aliphatic heterocycles. The summed E-state index contributed by atoms with van der Waals surface area (Å²) in [7, 11) is 0. The van der Waals surface area contributed by atoms with Gasteiger partial charge in [0.25, 0.3) is 0 Å². The van der Waals surface area contributed by atoms with Crippen LogP contribution in [0.4, 0.5) is 17.1 Å². The molecule has 3 heteroatoms. The van der Waals surface area contributed by atoms with Gasteiger partial charge in [0.1, 0.15) is 22.3 Å². The smallest absolute Gasteiger partial charge is 0.136 e. The van der Waals surface area contributed by atoms with Gasteiger partial charge in [0.05, 0.1) is 0 Å². The molecule has 10 aromatic rings. The Labute approximate surface area is 282 Å². The average Bonchev–Trinajstić information content (AvgIpc) is 3.72. The number of benzene rings is 8. The van der Waals surface area contributed by atoms with Gasteiger partial charge < -0.3 is 13.7 Å². The van der Waals surface area contributed by atoms with Gasteiger partial charge in [0.15, 0.2) is 0 Å². The number of rotatable bonds is 5. The van der Waals surface area contributed by atoms with Crippen LogP contribution in [-0.2, 0) is 0 Å². The van der Waals surface area contributed by atoms with Gasteiger partial charge in [-0.1, -0.05) is 109 Å². The van der Waals surface area contributed by atoms with Gasteiger partial charge in [-0.25, -0.2) is 0 Å². The van der Waals surface area contributed by atoms with Gasteiger partial charge >= 0.3 is 0 Å². The Balaban J connectivity index is 1.14. The first-order valence-electron chi connectivity index (χ1n) is 16.6. The molecule has 2 heterocycles. The Morgan fingerprint density at radius 2 is 0.837 bits per heavy atom. The summed E-state index contributed by atoms with van der Waals surface area (Å²) in [5, 5.41) is 6.76. The van der Waals surface area contributed by atoms with Crippen LogP contribution in [0.3, 0.4) is 0 Å². The third kappa shape index (κ3) is 4.59. The lowest BCUT2D eigenvalue weighted by Crippen LogP contribution is -2.09. The number of hydrogen-bond acceptors (Lipinski definition) is 3. The van der Waals surface area contributed by atoms with Crippen LogP contribution in [0.2, 0.25) is 0 Å². The minimum absolute atomic E-state index is 0.880. The second-order valence-electron chi connectivity index (χ2n) is 12.6. The summed E-state index contributed by atoms with van der Waals surface area (Å²) in [6.45, 7) is 0. The largest absolute Gasteiger partial charge is 0.456 e. The van der Waals surface area contributed by atoms with Crippen molar-refractivity contribution in [3.8, 4) is 22.3 Å². The summed E-state index contributed by atoms with van der Waals surface area (Å²) in [4.78, 5) is 2.34. The van der Waals surface area contributed by atoms with Gasteiger partial charge in [-0.15, -0.1) is 0 Å². The molecule has 0 N–H and O–H groups in total. The van der Waals surface area contributed by atoms with Crippen molar-refractivity contribution in [1.29, 1.82) is 0 Å². The molecular formula is C46H29NO2. The lowest BCUT2D eigenvalue weighted by atomic mass is 9.94. The number of hydrogen-bond donors (Lipinski definition) is 0. The Bertz CT molecular complexity index is 2830. The van der Waals surface area contributed by atoms with Crippen molar-refractivity contribution in [2.24, 2.45) is 0 Å². The van der Waals surface area contributed by atoms with E-state index in [1.165, 1.54) is 22.3 Å². The van der Waals surface area contributed by atoms with Crippen molar-refractivity contribution in [3.05, 3.63) is 176 Å². The van der Waals surface area contributed by atoms with Crippen LogP contribution in [0.1, 0.15) is 0 Å². The zero-order valence-electron chi connectivity index (χ0n) is 26.5. The van der Waals surface area contributed by atoms with Crippen LogP contribution < -0.4 is 4.90 Å². The van der Waals surface area contributed by atoms with Crippen molar-refractivity contribution in [3.63, 3.8) is 0 Å². The average molecular weight is 628 g/mol. The maximum Gasteiger partial charge on any atom is 0.136 e. The Morgan fingerprint density at radius 1 is 0.306 bits per heavy atom. The Kier molecular flexibility index (Phi) is 6.18. The van der Waals surface area contributed by atoms with Gasteiger partial charge in [0.2, 0.25) is 0 Å². The standard InChI is InChI=1S/C46H29NO2/c1-2-10-30(11-3-1)37-12-4-5-13-38(37)31-18-21-34(22-19-31)47(36-24-25-45-42(29-36)40-15-7-8-16-43(40)48-45)35-23-20-32-28-46-41(27-33(32)26-35)39-14-6-9-17-44(39)49-46/h1-29H. The van der Waals surface area contributed by atoms with Crippen LogP contribution in [-0.4, -0.2) is 0 Å². The molecule has 0 atom stereocenters. The zero-order chi connectivity index (χ0) is 32.3. The molecule has 0 bridgehead atoms. The molecule has 0 radical (unpaired) electrons. The molecule has 0 aliphatic carbocycles. The molecule has 0 aliphatic rings. The third-order valence-corrected chi connectivity index (χ3v) is 9.64. The van der Waals surface area contributed by atoms with Crippen LogP contribution in [0.5, 0.6) is 0 Å². The van der Waals surface area contributed by atoms with Gasteiger partial charge in [-0.3, -0.25) is 0 Å². The quantitative estimate of drug-likeness (QED) is 0.190. The number of furan rings is 2. The normalized spacial score (nSPS) is 11.7. The number of nitrogens with zero attached hydrogens (tertiary/aromatic N) is 1. The fourth-order valence-electron chi connectivity index (χ4n) is 7.29. The molecule has 0 amide bonds. The van der Waals surface area contributed by atoms with E-state index in [1.54, 1.807) is 0 Å². The Hall–Kier alpha value is -6.58. The fourth-order valence-corrected chi connectivity index (χ4v) is 7.29. The van der Waals surface area contributed by atoms with E-state index in [-0.39, 0.29) is 0 Å². The number of fused-ring (bicyclic) bond motifs is 7. The minimum atomic E-state index is 0.880. The predicted molar refractivity (Wildman–Crippen MR) is 204 cm³/mol. The fraction of sp³-hybridized carbons (Fsp3) is 0. The SMILES string of the molecule is c1ccc(-c2ccccc2-c2ccc(N(c3ccc4cc5oc6ccccc6c5cc4c3)c3ccc4oc5ccccc5c4c3)cc2)cc1. The lowest BCUT2D eigenvalue weighted by molar-refractivity contribution is 0.669. The summed E-state index contributed by atoms with van der Waals surface area (Å²) in [5.41, 5.74) is 11.6. The van der Waals surface area contributed by atoms with E-state index in [0.717, 1.165) is 71.7 Å². The Morgan fingerprint density at radius 3 is 1.57 bits per heavy atom. The van der Waals surface area contributed by atoms with Crippen LogP contribution in [0.15, 0.2) is 185 Å². The minimum Gasteiger partial charge on any atom is -0.456 e. The van der Waals surface area contributed by atoms with Crippen molar-refractivity contribution in [1.82, 2.24) is 0 Å². The van der Waals surface area contributed by atoms with Crippen molar-refractivity contribution < 1.29 is 8.83 Å². The first-order chi connectivity index (χ1) is 24.3. The second-order valence-corrected chi connectivity index (χ2v) is 12.6. The summed E-state index contributed by atoms with van der Waals surface area (Å²) in [6, 6.07) is 62.2. The highest BCUT2D eigenvalue weighted by Gasteiger charge is 2.18. The van der Waals surface area contributed by atoms with Crippen molar-refractivity contribution in [2.45, 2.75) is 0 Å². The predicted octanol–water partition coefficient (Wildman–Crippen LogP) is 13.4. The lowest BCUT2D eigenvalue weighted by Gasteiger charge is -2.26. The molecule has 230 valence electrons. The first-order valence-corrected chi connectivity index (χ1v) is 16.6. The molecule has 0 saturated carbocycles. The van der Waals surface area contributed by atoms with E-state index < -0.39 is 0 Å². The second kappa shape index (κ2) is 11.0. The van der Waals surface area contributed by atoms with Gasteiger partial charge in [-0.2, -0.15) is 0 Å². The van der Waals surface area contributed by atoms with E-state index in [0.29, 0.717) is 0 Å². The summed E-state index contributed by atoms with van der Waals surface area (Å²) in [5.74, 6) is 0. The molecule has 10 rings (SSSR count). The molecule has 0 unspecified atom stereocenters. The number of anilines is 3. The topological polar surface area (TPSA) is 29.5 Å². The van der Waals surface area contributed by atoms with E-state index in [9.17, 15) is 0 Å². The maximum atomic E-state index is 6.21. The highest BCUT2D eigenvalue weighted by molar-refractivity contribution is 6.11. The molecule has 0 saturated heterocycles. The first kappa shape index (κ1) is 27.5. The van der Waals surface area contributed by atoms with Crippen LogP contribution in [0, 0.1) is 0 Å². The van der Waals surface area contributed by atoms with Gasteiger partial charge in [0, 0.05) is 38.6 Å². The van der Waals surface area contributed by atoms with E-state index in [4.69, 9.17) is 8.83 Å². The van der Waals surface area contributed by atoms with Crippen LogP contribution >= 0.6 is 0 Å². The van der Waals surface area contributed by atoms with Gasteiger partial charge in [-0.05, 0) is 99.8 Å². The highest BCUT2D eigenvalue weighted by atomic mass is 16.3. The van der Waals surface area contributed by atoms with Crippen molar-refractivity contribution >= 4 is 71.7 Å². The number of para-hydroxylation sites is 2. The molecular weight excluding hydrogens is 599 g/mol. The monoisotopic (exact) mass is 627 g/mol. The molecule has 49 heavy (non-hydrogen) atoms. The van der Waals surface area contributed by atoms with Crippen molar-refractivity contribution in [2.75, 3.05) is 4.90 Å². The highest BCUT2D eigenvalue weighted by Crippen LogP contribution is 2.42. The molecule has 0 spiro atoms. The molecule has 0 fully saturated rings. The molecule has 2 aromatic heterocycles. The van der Waals surface area contributed by atoms with E-state index in [2.05, 4.69) is 157 Å². The summed E-state index contributed by atoms with van der Waals surface area (Å²) < 4.78 is 12.4. The summed E-state index contributed by atoms with van der Waals surface area (Å²) in [6.07, 6.45) is 0.